The highest BCUT2D eigenvalue weighted by atomic mass is 32.2. The minimum Gasteiger partial charge on any atom is -0.327 e. The van der Waals surface area contributed by atoms with Gasteiger partial charge in [0.25, 0.3) is 5.91 Å². The molecule has 7 heteroatoms. The summed E-state index contributed by atoms with van der Waals surface area (Å²) in [5, 5.41) is 2.88. The van der Waals surface area contributed by atoms with Crippen molar-refractivity contribution in [3.63, 3.8) is 0 Å². The molecule has 1 heterocycles. The van der Waals surface area contributed by atoms with Gasteiger partial charge in [-0.1, -0.05) is 26.8 Å². The predicted molar refractivity (Wildman–Crippen MR) is 104 cm³/mol. The Morgan fingerprint density at radius 1 is 1.31 bits per heavy atom. The Morgan fingerprint density at radius 2 is 2.00 bits per heavy atom. The fourth-order valence-electron chi connectivity index (χ4n) is 3.65. The number of nitrogens with zero attached hydrogens (tertiary/aromatic N) is 1. The molecular formula is C19H32N3O3S+. The third-order valence-electron chi connectivity index (χ3n) is 5.07. The molecule has 0 radical (unpaired) electrons. The first-order chi connectivity index (χ1) is 12.3. The zero-order valence-electron chi connectivity index (χ0n) is 16.3. The zero-order chi connectivity index (χ0) is 19.3. The van der Waals surface area contributed by atoms with E-state index in [1.807, 2.05) is 13.8 Å². The summed E-state index contributed by atoms with van der Waals surface area (Å²) in [5.74, 6) is 0.584. The topological polar surface area (TPSA) is 70.9 Å². The highest BCUT2D eigenvalue weighted by Crippen LogP contribution is 2.23. The van der Waals surface area contributed by atoms with Crippen LogP contribution in [-0.2, 0) is 14.8 Å². The van der Waals surface area contributed by atoms with Crippen molar-refractivity contribution in [1.82, 2.24) is 4.31 Å². The third kappa shape index (κ3) is 5.05. The Bertz CT molecular complexity index is 730. The molecule has 26 heavy (non-hydrogen) atoms. The number of hydrogen-bond donors (Lipinski definition) is 2. The number of carbonyl (C=O) groups excluding carboxylic acids is 1. The summed E-state index contributed by atoms with van der Waals surface area (Å²) >= 11 is 0. The molecule has 1 amide bonds. The van der Waals surface area contributed by atoms with E-state index in [-0.39, 0.29) is 10.8 Å². The molecule has 0 spiro atoms. The SMILES string of the molecule is CCN(CC)S(=O)(=O)c1cc(NC(=O)C[NH+]2CCC[C@H](C)C2)ccc1C. The summed E-state index contributed by atoms with van der Waals surface area (Å²) in [6, 6.07) is 5.10. The summed E-state index contributed by atoms with van der Waals surface area (Å²) in [6.07, 6.45) is 2.39. The number of carbonyl (C=O) groups is 1. The van der Waals surface area contributed by atoms with Crippen LogP contribution in [0.15, 0.2) is 23.1 Å². The van der Waals surface area contributed by atoms with E-state index in [9.17, 15) is 13.2 Å². The second-order valence-corrected chi connectivity index (χ2v) is 9.15. The molecule has 1 unspecified atom stereocenters. The maximum atomic E-state index is 12.8. The van der Waals surface area contributed by atoms with Crippen molar-refractivity contribution in [2.45, 2.75) is 45.4 Å². The van der Waals surface area contributed by atoms with Crippen molar-refractivity contribution >= 4 is 21.6 Å². The number of quaternary nitrogens is 1. The van der Waals surface area contributed by atoms with E-state index >= 15 is 0 Å². The van der Waals surface area contributed by atoms with Crippen LogP contribution in [0.3, 0.4) is 0 Å². The van der Waals surface area contributed by atoms with Crippen LogP contribution in [0.4, 0.5) is 5.69 Å². The third-order valence-corrected chi connectivity index (χ3v) is 7.26. The lowest BCUT2D eigenvalue weighted by molar-refractivity contribution is -0.900. The van der Waals surface area contributed by atoms with Crippen LogP contribution in [0.25, 0.3) is 0 Å². The summed E-state index contributed by atoms with van der Waals surface area (Å²) in [7, 11) is -3.55. The Balaban J connectivity index is 2.12. The monoisotopic (exact) mass is 382 g/mol. The lowest BCUT2D eigenvalue weighted by Crippen LogP contribution is -3.14. The van der Waals surface area contributed by atoms with Crippen LogP contribution in [-0.4, -0.2) is 51.4 Å². The maximum Gasteiger partial charge on any atom is 0.279 e. The number of rotatable bonds is 7. The Labute approximate surface area is 157 Å². The standard InChI is InChI=1S/C19H31N3O3S/c1-5-22(6-2)26(24,25)18-12-17(10-9-16(18)4)20-19(23)14-21-11-7-8-15(3)13-21/h9-10,12,15H,5-8,11,13-14H2,1-4H3,(H,20,23)/p+1/t15-/m0/s1. The van der Waals surface area contributed by atoms with E-state index in [1.54, 1.807) is 25.1 Å². The van der Waals surface area contributed by atoms with Gasteiger partial charge >= 0.3 is 0 Å². The molecule has 2 rings (SSSR count). The molecule has 0 saturated carbocycles. The molecule has 1 aliphatic rings. The summed E-state index contributed by atoms with van der Waals surface area (Å²) < 4.78 is 27.1. The number of nitrogens with one attached hydrogen (secondary N) is 2. The van der Waals surface area contributed by atoms with Gasteiger partial charge in [-0.25, -0.2) is 8.42 Å². The van der Waals surface area contributed by atoms with Crippen LogP contribution < -0.4 is 10.2 Å². The summed E-state index contributed by atoms with van der Waals surface area (Å²) in [4.78, 5) is 13.9. The smallest absolute Gasteiger partial charge is 0.279 e. The second-order valence-electron chi connectivity index (χ2n) is 7.25. The van der Waals surface area contributed by atoms with Crippen LogP contribution in [0.5, 0.6) is 0 Å². The van der Waals surface area contributed by atoms with E-state index in [1.165, 1.54) is 15.6 Å². The lowest BCUT2D eigenvalue weighted by atomic mass is 10.0. The van der Waals surface area contributed by atoms with Gasteiger partial charge in [0.2, 0.25) is 10.0 Å². The number of sulfonamides is 1. The van der Waals surface area contributed by atoms with Gasteiger partial charge in [0.05, 0.1) is 18.0 Å². The van der Waals surface area contributed by atoms with E-state index in [0.29, 0.717) is 36.8 Å². The van der Waals surface area contributed by atoms with Crippen LogP contribution in [0, 0.1) is 12.8 Å². The van der Waals surface area contributed by atoms with Gasteiger partial charge in [0.15, 0.2) is 6.54 Å². The Morgan fingerprint density at radius 3 is 2.62 bits per heavy atom. The number of amides is 1. The van der Waals surface area contributed by atoms with E-state index < -0.39 is 10.0 Å². The molecular weight excluding hydrogens is 350 g/mol. The van der Waals surface area contributed by atoms with Gasteiger partial charge in [0.1, 0.15) is 0 Å². The van der Waals surface area contributed by atoms with Gasteiger partial charge in [0, 0.05) is 24.7 Å². The average molecular weight is 383 g/mol. The summed E-state index contributed by atoms with van der Waals surface area (Å²) in [5.41, 5.74) is 1.22. The molecule has 1 fully saturated rings. The number of likely N-dealkylation sites (tertiary alicyclic amines) is 1. The van der Waals surface area contributed by atoms with Crippen LogP contribution in [0.1, 0.15) is 39.2 Å². The zero-order valence-corrected chi connectivity index (χ0v) is 17.2. The molecule has 0 aromatic heterocycles. The first kappa shape index (κ1) is 20.9. The molecule has 0 aliphatic carbocycles. The normalized spacial score (nSPS) is 21.0. The maximum absolute atomic E-state index is 12.8. The number of hydrogen-bond acceptors (Lipinski definition) is 3. The van der Waals surface area contributed by atoms with Crippen molar-refractivity contribution in [2.75, 3.05) is 38.0 Å². The van der Waals surface area contributed by atoms with Gasteiger partial charge in [-0.05, 0) is 37.5 Å². The predicted octanol–water partition coefficient (Wildman–Crippen LogP) is 1.28. The Kier molecular flexibility index (Phi) is 7.20. The van der Waals surface area contributed by atoms with Crippen molar-refractivity contribution in [3.05, 3.63) is 23.8 Å². The van der Waals surface area contributed by atoms with Gasteiger partial charge < -0.3 is 10.2 Å². The lowest BCUT2D eigenvalue weighted by Gasteiger charge is -2.27. The molecule has 1 aliphatic heterocycles. The highest BCUT2D eigenvalue weighted by molar-refractivity contribution is 7.89. The van der Waals surface area contributed by atoms with E-state index in [2.05, 4.69) is 12.2 Å². The van der Waals surface area contributed by atoms with Crippen molar-refractivity contribution in [3.8, 4) is 0 Å². The second kappa shape index (κ2) is 8.97. The van der Waals surface area contributed by atoms with E-state index in [0.717, 1.165) is 19.5 Å². The van der Waals surface area contributed by atoms with E-state index in [4.69, 9.17) is 0 Å². The van der Waals surface area contributed by atoms with Crippen molar-refractivity contribution in [1.29, 1.82) is 0 Å². The van der Waals surface area contributed by atoms with Crippen LogP contribution >= 0.6 is 0 Å². The molecule has 146 valence electrons. The molecule has 2 atom stereocenters. The largest absolute Gasteiger partial charge is 0.327 e. The molecule has 2 N–H and O–H groups in total. The van der Waals surface area contributed by atoms with Crippen LogP contribution in [0.2, 0.25) is 0 Å². The molecule has 1 aromatic rings. The molecule has 1 aromatic carbocycles. The number of aryl methyl sites for hydroxylation is 1. The first-order valence-electron chi connectivity index (χ1n) is 9.52. The molecule has 6 nitrogen and oxygen atoms in total. The number of benzene rings is 1. The quantitative estimate of drug-likeness (QED) is 0.746. The van der Waals surface area contributed by atoms with Crippen molar-refractivity contribution in [2.24, 2.45) is 5.92 Å². The summed E-state index contributed by atoms with van der Waals surface area (Å²) in [6.45, 7) is 11.0. The van der Waals surface area contributed by atoms with Gasteiger partial charge in [-0.15, -0.1) is 0 Å². The minimum absolute atomic E-state index is 0.0656. The van der Waals surface area contributed by atoms with Gasteiger partial charge in [-0.3, -0.25) is 4.79 Å². The number of piperidine rings is 1. The molecule has 1 saturated heterocycles. The first-order valence-corrected chi connectivity index (χ1v) is 11.0. The van der Waals surface area contributed by atoms with Crippen molar-refractivity contribution < 1.29 is 18.1 Å². The Hall–Kier alpha value is -1.44. The fraction of sp³-hybridized carbons (Fsp3) is 0.632. The average Bonchev–Trinajstić information content (AvgIpc) is 2.57. The highest BCUT2D eigenvalue weighted by Gasteiger charge is 2.25. The van der Waals surface area contributed by atoms with Gasteiger partial charge in [-0.2, -0.15) is 4.31 Å². The molecule has 0 bridgehead atoms. The number of anilines is 1. The minimum atomic E-state index is -3.55. The fourth-order valence-corrected chi connectivity index (χ4v) is 5.36.